The highest BCUT2D eigenvalue weighted by atomic mass is 16.5. The van der Waals surface area contributed by atoms with Crippen molar-refractivity contribution in [2.45, 2.75) is 25.7 Å². The van der Waals surface area contributed by atoms with Gasteiger partial charge in [-0.15, -0.1) is 13.2 Å². The Balaban J connectivity index is 2.24. The van der Waals surface area contributed by atoms with Crippen LogP contribution in [0.1, 0.15) is 0 Å². The molecule has 1 N–H and O–H groups in total. The van der Waals surface area contributed by atoms with Crippen LogP contribution in [0.15, 0.2) is 64.0 Å². The Morgan fingerprint density at radius 2 is 1.39 bits per heavy atom. The van der Waals surface area contributed by atoms with Crippen molar-refractivity contribution in [1.29, 1.82) is 0 Å². The number of aliphatic hydroxyl groups excluding tert-OH is 1. The second kappa shape index (κ2) is 9.56. The number of allylic oxidation sites excluding steroid dienone is 2. The number of aliphatic hydroxyl groups is 1. The maximum absolute atomic E-state index is 12.5. The van der Waals surface area contributed by atoms with Crippen LogP contribution in [-0.4, -0.2) is 38.6 Å². The Morgan fingerprint density at radius 1 is 0.929 bits per heavy atom. The van der Waals surface area contributed by atoms with Crippen LogP contribution in [0.4, 0.5) is 0 Å². The van der Waals surface area contributed by atoms with E-state index in [9.17, 15) is 19.5 Å². The van der Waals surface area contributed by atoms with E-state index >= 15 is 0 Å². The molecule has 0 saturated carbocycles. The van der Waals surface area contributed by atoms with Gasteiger partial charge >= 0.3 is 17.1 Å². The fourth-order valence-corrected chi connectivity index (χ4v) is 2.54. The standard InChI is InChI=1S/C19H23N3O6/c1-4-10-20-17(24)21(11-5-2)19(26)22(18(20)25)12-14(23)13-28-16-8-6-15(27-3)7-9-16/h4-9,14,23H,1-2,10-13H2,3H3/t14-/m0/s1. The molecular weight excluding hydrogens is 366 g/mol. The summed E-state index contributed by atoms with van der Waals surface area (Å²) in [6.45, 7) is 6.41. The lowest BCUT2D eigenvalue weighted by atomic mass is 10.3. The molecule has 0 bridgehead atoms. The van der Waals surface area contributed by atoms with Gasteiger partial charge < -0.3 is 14.6 Å². The van der Waals surface area contributed by atoms with E-state index < -0.39 is 23.2 Å². The molecule has 0 unspecified atom stereocenters. The van der Waals surface area contributed by atoms with Crippen LogP contribution in [0.2, 0.25) is 0 Å². The van der Waals surface area contributed by atoms with Gasteiger partial charge in [-0.05, 0) is 24.3 Å². The minimum Gasteiger partial charge on any atom is -0.497 e. The first-order valence-electron chi connectivity index (χ1n) is 8.54. The monoisotopic (exact) mass is 389 g/mol. The molecule has 0 radical (unpaired) electrons. The Kier molecular flexibility index (Phi) is 7.16. The van der Waals surface area contributed by atoms with Crippen LogP contribution in [-0.2, 0) is 19.6 Å². The number of hydrogen-bond donors (Lipinski definition) is 1. The van der Waals surface area contributed by atoms with Gasteiger partial charge in [0, 0.05) is 0 Å². The molecule has 1 atom stereocenters. The molecule has 0 aliphatic heterocycles. The van der Waals surface area contributed by atoms with E-state index in [1.165, 1.54) is 12.2 Å². The average Bonchev–Trinajstić information content (AvgIpc) is 2.70. The Bertz CT molecular complexity index is 952. The highest BCUT2D eigenvalue weighted by molar-refractivity contribution is 5.31. The molecule has 9 heteroatoms. The first-order valence-corrected chi connectivity index (χ1v) is 8.54. The zero-order valence-corrected chi connectivity index (χ0v) is 15.6. The van der Waals surface area contributed by atoms with Crippen molar-refractivity contribution >= 4 is 0 Å². The third-order valence-electron chi connectivity index (χ3n) is 3.90. The molecule has 0 fully saturated rings. The van der Waals surface area contributed by atoms with Gasteiger partial charge in [-0.1, -0.05) is 12.2 Å². The lowest BCUT2D eigenvalue weighted by molar-refractivity contribution is 0.0888. The van der Waals surface area contributed by atoms with Gasteiger partial charge in [0.1, 0.15) is 24.2 Å². The van der Waals surface area contributed by atoms with Crippen molar-refractivity contribution in [3.8, 4) is 11.5 Å². The summed E-state index contributed by atoms with van der Waals surface area (Å²) in [6.07, 6.45) is 1.59. The van der Waals surface area contributed by atoms with Gasteiger partial charge in [0.25, 0.3) is 0 Å². The third-order valence-corrected chi connectivity index (χ3v) is 3.90. The van der Waals surface area contributed by atoms with E-state index in [4.69, 9.17) is 9.47 Å². The van der Waals surface area contributed by atoms with Gasteiger partial charge in [-0.3, -0.25) is 0 Å². The molecule has 0 aliphatic carbocycles. The number of hydrogen-bond acceptors (Lipinski definition) is 6. The Hall–Kier alpha value is -3.33. The minimum atomic E-state index is -1.15. The molecule has 150 valence electrons. The predicted molar refractivity (Wildman–Crippen MR) is 104 cm³/mol. The van der Waals surface area contributed by atoms with Crippen molar-refractivity contribution in [3.05, 3.63) is 81.0 Å². The maximum Gasteiger partial charge on any atom is 0.336 e. The van der Waals surface area contributed by atoms with E-state index in [1.807, 2.05) is 0 Å². The number of rotatable bonds is 10. The van der Waals surface area contributed by atoms with Crippen LogP contribution in [0, 0.1) is 0 Å². The van der Waals surface area contributed by atoms with Crippen molar-refractivity contribution in [2.24, 2.45) is 0 Å². The van der Waals surface area contributed by atoms with Gasteiger partial charge in [-0.25, -0.2) is 28.1 Å². The fourth-order valence-electron chi connectivity index (χ4n) is 2.54. The second-order valence-electron chi connectivity index (χ2n) is 5.90. The number of ether oxygens (including phenoxy) is 2. The van der Waals surface area contributed by atoms with Gasteiger partial charge in [-0.2, -0.15) is 0 Å². The molecular formula is C19H23N3O6. The molecule has 0 aliphatic rings. The molecule has 0 spiro atoms. The number of nitrogens with zero attached hydrogens (tertiary/aromatic N) is 3. The van der Waals surface area contributed by atoms with E-state index in [0.717, 1.165) is 13.7 Å². The lowest BCUT2D eigenvalue weighted by Crippen LogP contribution is -2.55. The van der Waals surface area contributed by atoms with E-state index in [2.05, 4.69) is 13.2 Å². The third kappa shape index (κ3) is 4.68. The molecule has 0 saturated heterocycles. The smallest absolute Gasteiger partial charge is 0.336 e. The van der Waals surface area contributed by atoms with Gasteiger partial charge in [0.05, 0.1) is 26.7 Å². The summed E-state index contributed by atoms with van der Waals surface area (Å²) in [5.41, 5.74) is -2.40. The Labute approximate surface area is 161 Å². The van der Waals surface area contributed by atoms with Crippen LogP contribution in [0.3, 0.4) is 0 Å². The predicted octanol–water partition coefficient (Wildman–Crippen LogP) is -0.00780. The maximum atomic E-state index is 12.5. The quantitative estimate of drug-likeness (QED) is 0.573. The van der Waals surface area contributed by atoms with Crippen molar-refractivity contribution < 1.29 is 14.6 Å². The summed E-state index contributed by atoms with van der Waals surface area (Å²) in [5, 5.41) is 10.2. The number of benzene rings is 1. The lowest BCUT2D eigenvalue weighted by Gasteiger charge is -2.16. The summed E-state index contributed by atoms with van der Waals surface area (Å²) < 4.78 is 13.1. The molecule has 2 rings (SSSR count). The molecule has 1 heterocycles. The van der Waals surface area contributed by atoms with E-state index in [1.54, 1.807) is 31.4 Å². The summed E-state index contributed by atoms with van der Waals surface area (Å²) in [4.78, 5) is 37.3. The highest BCUT2D eigenvalue weighted by Gasteiger charge is 2.17. The molecule has 0 amide bonds. The zero-order valence-electron chi connectivity index (χ0n) is 15.6. The summed E-state index contributed by atoms with van der Waals surface area (Å²) >= 11 is 0. The molecule has 28 heavy (non-hydrogen) atoms. The van der Waals surface area contributed by atoms with Crippen LogP contribution in [0.25, 0.3) is 0 Å². The summed E-state index contributed by atoms with van der Waals surface area (Å²) in [6, 6.07) is 6.73. The fraction of sp³-hybridized carbons (Fsp3) is 0.316. The highest BCUT2D eigenvalue weighted by Crippen LogP contribution is 2.17. The number of methoxy groups -OCH3 is 1. The van der Waals surface area contributed by atoms with Crippen molar-refractivity contribution in [1.82, 2.24) is 13.7 Å². The SMILES string of the molecule is C=CCn1c(=O)n(CC=C)c(=O)n(C[C@H](O)COc2ccc(OC)cc2)c1=O. The summed E-state index contributed by atoms with van der Waals surface area (Å²) in [7, 11) is 1.54. The van der Waals surface area contributed by atoms with Crippen molar-refractivity contribution in [2.75, 3.05) is 13.7 Å². The topological polar surface area (TPSA) is 105 Å². The van der Waals surface area contributed by atoms with Crippen molar-refractivity contribution in [3.63, 3.8) is 0 Å². The van der Waals surface area contributed by atoms with Crippen LogP contribution < -0.4 is 26.5 Å². The summed E-state index contributed by atoms with van der Waals surface area (Å²) in [5.74, 6) is 1.15. The first-order chi connectivity index (χ1) is 13.4. The Morgan fingerprint density at radius 3 is 1.86 bits per heavy atom. The normalized spacial score (nSPS) is 11.6. The average molecular weight is 389 g/mol. The molecule has 9 nitrogen and oxygen atoms in total. The zero-order chi connectivity index (χ0) is 20.7. The number of aromatic nitrogens is 3. The van der Waals surface area contributed by atoms with Crippen LogP contribution in [0.5, 0.6) is 11.5 Å². The molecule has 2 aromatic rings. The van der Waals surface area contributed by atoms with Gasteiger partial charge in [0.15, 0.2) is 0 Å². The minimum absolute atomic E-state index is 0.0620. The molecule has 1 aromatic carbocycles. The molecule has 1 aromatic heterocycles. The van der Waals surface area contributed by atoms with E-state index in [-0.39, 0.29) is 26.2 Å². The van der Waals surface area contributed by atoms with Crippen LogP contribution >= 0.6 is 0 Å². The second-order valence-corrected chi connectivity index (χ2v) is 5.90. The first kappa shape index (κ1) is 21.0. The van der Waals surface area contributed by atoms with Gasteiger partial charge in [0.2, 0.25) is 0 Å². The van der Waals surface area contributed by atoms with E-state index in [0.29, 0.717) is 11.5 Å². The largest absolute Gasteiger partial charge is 0.497 e.